The topological polar surface area (TPSA) is 49.5 Å². The summed E-state index contributed by atoms with van der Waals surface area (Å²) in [5.74, 6) is 0.492. The van der Waals surface area contributed by atoms with Crippen molar-refractivity contribution >= 4 is 0 Å². The molecular formula is C18H30N2O. The highest BCUT2D eigenvalue weighted by Gasteiger charge is 2.30. The Kier molecular flexibility index (Phi) is 5.42. The van der Waals surface area contributed by atoms with Crippen LogP contribution in [-0.2, 0) is 6.54 Å². The Morgan fingerprint density at radius 1 is 1.24 bits per heavy atom. The number of likely N-dealkylation sites (tertiary alicyclic amines) is 1. The van der Waals surface area contributed by atoms with E-state index in [1.54, 1.807) is 0 Å². The van der Waals surface area contributed by atoms with Crippen LogP contribution in [0.5, 0.6) is 0 Å². The van der Waals surface area contributed by atoms with Crippen LogP contribution in [-0.4, -0.2) is 35.2 Å². The first-order chi connectivity index (χ1) is 9.84. The van der Waals surface area contributed by atoms with Gasteiger partial charge in [0.25, 0.3) is 0 Å². The van der Waals surface area contributed by atoms with E-state index in [1.807, 2.05) is 6.07 Å². The van der Waals surface area contributed by atoms with Gasteiger partial charge >= 0.3 is 0 Å². The molecule has 1 aromatic rings. The van der Waals surface area contributed by atoms with E-state index in [9.17, 15) is 5.11 Å². The largest absolute Gasteiger partial charge is 0.393 e. The third-order valence-corrected chi connectivity index (χ3v) is 4.45. The number of hydrogen-bond donors (Lipinski definition) is 2. The number of aliphatic hydroxyl groups excluding tert-OH is 1. The van der Waals surface area contributed by atoms with Gasteiger partial charge in [0.2, 0.25) is 0 Å². The predicted octanol–water partition coefficient (Wildman–Crippen LogP) is 2.63. The van der Waals surface area contributed by atoms with Crippen LogP contribution in [0.3, 0.4) is 0 Å². The molecule has 0 spiro atoms. The summed E-state index contributed by atoms with van der Waals surface area (Å²) in [4.78, 5) is 2.43. The van der Waals surface area contributed by atoms with E-state index < -0.39 is 0 Å². The molecule has 0 aliphatic carbocycles. The standard InChI is InChI=1S/C18H30N2O/c1-18(2,3)17(21)10-15-9-16(19)13-20(12-15)11-14-7-5-4-6-8-14/h4-8,15-17,21H,9-13,19H2,1-3H3. The summed E-state index contributed by atoms with van der Waals surface area (Å²) >= 11 is 0. The molecule has 0 aromatic heterocycles. The maximum Gasteiger partial charge on any atom is 0.0591 e. The molecule has 1 fully saturated rings. The summed E-state index contributed by atoms with van der Waals surface area (Å²) in [5.41, 5.74) is 7.52. The highest BCUT2D eigenvalue weighted by atomic mass is 16.3. The van der Waals surface area contributed by atoms with Crippen molar-refractivity contribution in [1.82, 2.24) is 4.90 Å². The number of benzene rings is 1. The van der Waals surface area contributed by atoms with Crippen LogP contribution in [0, 0.1) is 11.3 Å². The molecule has 118 valence electrons. The molecular weight excluding hydrogens is 260 g/mol. The maximum absolute atomic E-state index is 10.3. The Morgan fingerprint density at radius 2 is 1.90 bits per heavy atom. The van der Waals surface area contributed by atoms with Gasteiger partial charge in [0.05, 0.1) is 6.10 Å². The molecule has 1 heterocycles. The van der Waals surface area contributed by atoms with Crippen LogP contribution in [0.1, 0.15) is 39.2 Å². The minimum atomic E-state index is -0.258. The lowest BCUT2D eigenvalue weighted by molar-refractivity contribution is 0.0233. The zero-order valence-corrected chi connectivity index (χ0v) is 13.6. The van der Waals surface area contributed by atoms with Gasteiger partial charge in [-0.3, -0.25) is 4.90 Å². The first-order valence-electron chi connectivity index (χ1n) is 8.04. The lowest BCUT2D eigenvalue weighted by Gasteiger charge is -2.39. The van der Waals surface area contributed by atoms with Crippen molar-refractivity contribution in [2.75, 3.05) is 13.1 Å². The average Bonchev–Trinajstić information content (AvgIpc) is 2.38. The Labute approximate surface area is 129 Å². The van der Waals surface area contributed by atoms with Crippen LogP contribution in [0.15, 0.2) is 30.3 Å². The van der Waals surface area contributed by atoms with Crippen molar-refractivity contribution in [2.24, 2.45) is 17.1 Å². The summed E-state index contributed by atoms with van der Waals surface area (Å²) in [6.07, 6.45) is 1.62. The minimum absolute atomic E-state index is 0.0498. The summed E-state index contributed by atoms with van der Waals surface area (Å²) in [6.45, 7) is 9.25. The van der Waals surface area contributed by atoms with E-state index in [1.165, 1.54) is 5.56 Å². The summed E-state index contributed by atoms with van der Waals surface area (Å²) in [6, 6.07) is 10.8. The number of hydrogen-bond acceptors (Lipinski definition) is 3. The van der Waals surface area contributed by atoms with Crippen molar-refractivity contribution in [1.29, 1.82) is 0 Å². The molecule has 1 aliphatic heterocycles. The number of nitrogens with zero attached hydrogens (tertiary/aromatic N) is 1. The molecule has 1 aromatic carbocycles. The van der Waals surface area contributed by atoms with E-state index in [0.717, 1.165) is 32.5 Å². The lowest BCUT2D eigenvalue weighted by Crippen LogP contribution is -2.47. The van der Waals surface area contributed by atoms with E-state index >= 15 is 0 Å². The fourth-order valence-corrected chi connectivity index (χ4v) is 3.16. The molecule has 21 heavy (non-hydrogen) atoms. The number of nitrogens with two attached hydrogens (primary N) is 1. The zero-order chi connectivity index (χ0) is 15.5. The fraction of sp³-hybridized carbons (Fsp3) is 0.667. The average molecular weight is 290 g/mol. The molecule has 3 N–H and O–H groups in total. The van der Waals surface area contributed by atoms with Crippen LogP contribution in [0.4, 0.5) is 0 Å². The van der Waals surface area contributed by atoms with Gasteiger partial charge in [-0.2, -0.15) is 0 Å². The van der Waals surface area contributed by atoms with Crippen molar-refractivity contribution < 1.29 is 5.11 Å². The second-order valence-electron chi connectivity index (χ2n) is 7.66. The van der Waals surface area contributed by atoms with Gasteiger partial charge in [-0.05, 0) is 29.7 Å². The SMILES string of the molecule is CC(C)(C)C(O)CC1CC(N)CN(Cc2ccccc2)C1. The third kappa shape index (κ3) is 5.10. The van der Waals surface area contributed by atoms with Crippen LogP contribution in [0.25, 0.3) is 0 Å². The van der Waals surface area contributed by atoms with Gasteiger partial charge in [0, 0.05) is 25.7 Å². The molecule has 1 saturated heterocycles. The number of aliphatic hydroxyl groups is 1. The van der Waals surface area contributed by atoms with E-state index in [0.29, 0.717) is 5.92 Å². The molecule has 2 rings (SSSR count). The molecule has 3 heteroatoms. The molecule has 3 atom stereocenters. The molecule has 3 nitrogen and oxygen atoms in total. The van der Waals surface area contributed by atoms with E-state index in [4.69, 9.17) is 5.73 Å². The first-order valence-corrected chi connectivity index (χ1v) is 8.04. The number of piperidine rings is 1. The smallest absolute Gasteiger partial charge is 0.0591 e. The van der Waals surface area contributed by atoms with Gasteiger partial charge in [0.15, 0.2) is 0 Å². The molecule has 0 amide bonds. The van der Waals surface area contributed by atoms with Gasteiger partial charge in [-0.25, -0.2) is 0 Å². The summed E-state index contributed by atoms with van der Waals surface area (Å²) < 4.78 is 0. The highest BCUT2D eigenvalue weighted by molar-refractivity contribution is 5.14. The second kappa shape index (κ2) is 6.91. The van der Waals surface area contributed by atoms with E-state index in [2.05, 4.69) is 49.9 Å². The molecule has 3 unspecified atom stereocenters. The van der Waals surface area contributed by atoms with Gasteiger partial charge in [-0.1, -0.05) is 51.1 Å². The predicted molar refractivity (Wildman–Crippen MR) is 87.9 cm³/mol. The Bertz CT molecular complexity index is 427. The monoisotopic (exact) mass is 290 g/mol. The third-order valence-electron chi connectivity index (χ3n) is 4.45. The van der Waals surface area contributed by atoms with Gasteiger partial charge in [0.1, 0.15) is 0 Å². The molecule has 1 aliphatic rings. The van der Waals surface area contributed by atoms with Crippen molar-refractivity contribution in [3.05, 3.63) is 35.9 Å². The van der Waals surface area contributed by atoms with Crippen LogP contribution in [0.2, 0.25) is 0 Å². The molecule has 0 saturated carbocycles. The van der Waals surface area contributed by atoms with Gasteiger partial charge in [-0.15, -0.1) is 0 Å². The summed E-state index contributed by atoms with van der Waals surface area (Å²) in [5, 5.41) is 10.3. The fourth-order valence-electron chi connectivity index (χ4n) is 3.16. The Morgan fingerprint density at radius 3 is 2.52 bits per heavy atom. The quantitative estimate of drug-likeness (QED) is 0.896. The minimum Gasteiger partial charge on any atom is -0.393 e. The molecule has 0 radical (unpaired) electrons. The highest BCUT2D eigenvalue weighted by Crippen LogP contribution is 2.29. The zero-order valence-electron chi connectivity index (χ0n) is 13.6. The molecule has 0 bridgehead atoms. The van der Waals surface area contributed by atoms with Crippen molar-refractivity contribution in [2.45, 2.75) is 52.3 Å². The van der Waals surface area contributed by atoms with Crippen molar-refractivity contribution in [3.8, 4) is 0 Å². The van der Waals surface area contributed by atoms with Crippen molar-refractivity contribution in [3.63, 3.8) is 0 Å². The Balaban J connectivity index is 1.93. The van der Waals surface area contributed by atoms with Crippen LogP contribution < -0.4 is 5.73 Å². The van der Waals surface area contributed by atoms with E-state index in [-0.39, 0.29) is 17.6 Å². The number of rotatable bonds is 4. The maximum atomic E-state index is 10.3. The first kappa shape index (κ1) is 16.5. The lowest BCUT2D eigenvalue weighted by atomic mass is 9.80. The normalized spacial score (nSPS) is 25.8. The second-order valence-corrected chi connectivity index (χ2v) is 7.66. The Hall–Kier alpha value is -0.900. The summed E-state index contributed by atoms with van der Waals surface area (Å²) in [7, 11) is 0. The van der Waals surface area contributed by atoms with Crippen LogP contribution >= 0.6 is 0 Å². The van der Waals surface area contributed by atoms with Gasteiger partial charge < -0.3 is 10.8 Å².